The third-order valence-corrected chi connectivity index (χ3v) is 5.34. The predicted molar refractivity (Wildman–Crippen MR) is 107 cm³/mol. The van der Waals surface area contributed by atoms with E-state index in [2.05, 4.69) is 15.5 Å². The molecule has 7 nitrogen and oxygen atoms in total. The zero-order valence-electron chi connectivity index (χ0n) is 14.9. The number of hydrogen-bond donors (Lipinski definition) is 1. The summed E-state index contributed by atoms with van der Waals surface area (Å²) in [6.45, 7) is 0.450. The molecule has 1 aliphatic rings. The van der Waals surface area contributed by atoms with Crippen LogP contribution in [0.25, 0.3) is 0 Å². The van der Waals surface area contributed by atoms with E-state index < -0.39 is 0 Å². The lowest BCUT2D eigenvalue weighted by atomic mass is 10.1. The van der Waals surface area contributed by atoms with Gasteiger partial charge < -0.3 is 9.64 Å². The zero-order valence-corrected chi connectivity index (χ0v) is 15.8. The molecule has 28 heavy (non-hydrogen) atoms. The number of para-hydroxylation sites is 2. The van der Waals surface area contributed by atoms with Crippen LogP contribution in [0.4, 0.5) is 10.8 Å². The van der Waals surface area contributed by atoms with Gasteiger partial charge in [-0.2, -0.15) is 0 Å². The number of aromatic nitrogens is 2. The summed E-state index contributed by atoms with van der Waals surface area (Å²) in [4.78, 5) is 26.2. The number of nitrogens with one attached hydrogen (secondary N) is 1. The normalized spacial score (nSPS) is 16.2. The Morgan fingerprint density at radius 3 is 2.57 bits per heavy atom. The van der Waals surface area contributed by atoms with Crippen LogP contribution in [0.3, 0.4) is 0 Å². The smallest absolute Gasteiger partial charge is 0.264 e. The molecule has 0 aliphatic carbocycles. The Morgan fingerprint density at radius 1 is 1.11 bits per heavy atom. The molecule has 0 bridgehead atoms. The number of rotatable bonds is 6. The Kier molecular flexibility index (Phi) is 5.29. The van der Waals surface area contributed by atoms with Crippen molar-refractivity contribution in [1.82, 2.24) is 10.2 Å². The van der Waals surface area contributed by atoms with E-state index in [1.165, 1.54) is 11.3 Å². The average molecular weight is 394 g/mol. The molecule has 0 radical (unpaired) electrons. The average Bonchev–Trinajstić information content (AvgIpc) is 3.34. The fraction of sp³-hybridized carbons (Fsp3) is 0.200. The Hall–Kier alpha value is -3.26. The molecule has 0 spiro atoms. The lowest BCUT2D eigenvalue weighted by molar-refractivity contribution is -0.118. The maximum Gasteiger partial charge on any atom is 0.264 e. The number of carbonyl (C=O) groups is 2. The van der Waals surface area contributed by atoms with Crippen molar-refractivity contribution in [3.8, 4) is 5.75 Å². The number of amides is 2. The highest BCUT2D eigenvalue weighted by atomic mass is 32.1. The molecule has 8 heteroatoms. The van der Waals surface area contributed by atoms with Crippen LogP contribution in [0.15, 0.2) is 60.7 Å². The quantitative estimate of drug-likeness (QED) is 0.695. The van der Waals surface area contributed by atoms with E-state index in [1.807, 2.05) is 48.5 Å². The van der Waals surface area contributed by atoms with Crippen LogP contribution in [-0.4, -0.2) is 35.2 Å². The monoisotopic (exact) mass is 394 g/mol. The second-order valence-electron chi connectivity index (χ2n) is 6.34. The van der Waals surface area contributed by atoms with Crippen molar-refractivity contribution in [2.24, 2.45) is 0 Å². The zero-order chi connectivity index (χ0) is 19.3. The molecule has 4 rings (SSSR count). The van der Waals surface area contributed by atoms with E-state index in [9.17, 15) is 9.59 Å². The molecular formula is C20H18N4O3S. The number of ether oxygens (including phenoxy) is 1. The van der Waals surface area contributed by atoms with E-state index in [0.717, 1.165) is 10.7 Å². The molecule has 2 aromatic carbocycles. The minimum absolute atomic E-state index is 0.0311. The predicted octanol–water partition coefficient (Wildman–Crippen LogP) is 3.08. The maximum absolute atomic E-state index is 12.4. The second kappa shape index (κ2) is 8.18. The van der Waals surface area contributed by atoms with Crippen molar-refractivity contribution in [2.45, 2.75) is 12.3 Å². The first-order chi connectivity index (χ1) is 13.7. The van der Waals surface area contributed by atoms with Crippen LogP contribution >= 0.6 is 11.3 Å². The van der Waals surface area contributed by atoms with Crippen LogP contribution in [-0.2, 0) is 9.59 Å². The van der Waals surface area contributed by atoms with Gasteiger partial charge in [0.05, 0.1) is 0 Å². The molecule has 0 saturated carbocycles. The van der Waals surface area contributed by atoms with Crippen LogP contribution in [0.1, 0.15) is 17.3 Å². The molecule has 1 atom stereocenters. The first kappa shape index (κ1) is 18.1. The number of nitrogens with zero attached hydrogens (tertiary/aromatic N) is 3. The Morgan fingerprint density at radius 2 is 1.82 bits per heavy atom. The van der Waals surface area contributed by atoms with E-state index >= 15 is 0 Å². The standard InChI is InChI=1S/C20H18N4O3S/c25-17(13-27-16-9-5-2-6-10-16)21-20-23-22-19(28-20)14-11-18(26)24(12-14)15-7-3-1-4-8-15/h1-10,14H,11-13H2,(H,21,23,25). The summed E-state index contributed by atoms with van der Waals surface area (Å²) in [7, 11) is 0. The van der Waals surface area contributed by atoms with Crippen LogP contribution in [0.5, 0.6) is 5.75 Å². The highest BCUT2D eigenvalue weighted by Crippen LogP contribution is 2.34. The summed E-state index contributed by atoms with van der Waals surface area (Å²) in [6, 6.07) is 18.7. The topological polar surface area (TPSA) is 84.4 Å². The number of benzene rings is 2. The van der Waals surface area contributed by atoms with Crippen LogP contribution in [0.2, 0.25) is 0 Å². The van der Waals surface area contributed by atoms with Crippen molar-refractivity contribution in [3.63, 3.8) is 0 Å². The lowest BCUT2D eigenvalue weighted by Gasteiger charge is -2.15. The first-order valence-electron chi connectivity index (χ1n) is 8.85. The Bertz CT molecular complexity index is 962. The van der Waals surface area contributed by atoms with E-state index in [-0.39, 0.29) is 24.3 Å². The van der Waals surface area contributed by atoms with E-state index in [0.29, 0.717) is 23.8 Å². The summed E-state index contributed by atoms with van der Waals surface area (Å²) in [5.41, 5.74) is 0.881. The van der Waals surface area contributed by atoms with Gasteiger partial charge in [0.15, 0.2) is 6.61 Å². The minimum atomic E-state index is -0.306. The van der Waals surface area contributed by atoms with Gasteiger partial charge in [0.25, 0.3) is 5.91 Å². The van der Waals surface area contributed by atoms with Crippen molar-refractivity contribution < 1.29 is 14.3 Å². The molecule has 1 aromatic heterocycles. The van der Waals surface area contributed by atoms with Crippen molar-refractivity contribution >= 4 is 34.0 Å². The summed E-state index contributed by atoms with van der Waals surface area (Å²) in [5, 5.41) is 12.0. The van der Waals surface area contributed by atoms with Gasteiger partial charge in [-0.25, -0.2) is 0 Å². The molecule has 1 aliphatic heterocycles. The number of carbonyl (C=O) groups excluding carboxylic acids is 2. The fourth-order valence-corrected chi connectivity index (χ4v) is 3.85. The summed E-state index contributed by atoms with van der Waals surface area (Å²) in [5.74, 6) is 0.353. The first-order valence-corrected chi connectivity index (χ1v) is 9.67. The Balaban J connectivity index is 1.34. The molecule has 3 aromatic rings. The minimum Gasteiger partial charge on any atom is -0.484 e. The molecule has 1 saturated heterocycles. The summed E-state index contributed by atoms with van der Waals surface area (Å²) in [6.07, 6.45) is 0.384. The van der Waals surface area contributed by atoms with Crippen LogP contribution in [0, 0.1) is 0 Å². The third kappa shape index (κ3) is 4.17. The Labute approximate surface area is 166 Å². The highest BCUT2D eigenvalue weighted by molar-refractivity contribution is 7.15. The second-order valence-corrected chi connectivity index (χ2v) is 7.35. The SMILES string of the molecule is O=C(COc1ccccc1)Nc1nnc(C2CC(=O)N(c3ccccc3)C2)s1. The molecule has 1 N–H and O–H groups in total. The van der Waals surface area contributed by atoms with E-state index in [1.54, 1.807) is 17.0 Å². The van der Waals surface area contributed by atoms with Gasteiger partial charge in [0.1, 0.15) is 10.8 Å². The summed E-state index contributed by atoms with van der Waals surface area (Å²) >= 11 is 1.29. The largest absolute Gasteiger partial charge is 0.484 e. The third-order valence-electron chi connectivity index (χ3n) is 4.34. The maximum atomic E-state index is 12.4. The van der Waals surface area contributed by atoms with Gasteiger partial charge in [-0.05, 0) is 24.3 Å². The fourth-order valence-electron chi connectivity index (χ4n) is 3.00. The van der Waals surface area contributed by atoms with Gasteiger partial charge in [-0.1, -0.05) is 47.7 Å². The van der Waals surface area contributed by atoms with Gasteiger partial charge in [-0.3, -0.25) is 14.9 Å². The van der Waals surface area contributed by atoms with Crippen LogP contribution < -0.4 is 15.0 Å². The van der Waals surface area contributed by atoms with Gasteiger partial charge in [-0.15, -0.1) is 10.2 Å². The molecule has 1 unspecified atom stereocenters. The van der Waals surface area contributed by atoms with Crippen molar-refractivity contribution in [2.75, 3.05) is 23.4 Å². The molecule has 1 fully saturated rings. The summed E-state index contributed by atoms with van der Waals surface area (Å²) < 4.78 is 5.42. The van der Waals surface area contributed by atoms with Crippen molar-refractivity contribution in [1.29, 1.82) is 0 Å². The van der Waals surface area contributed by atoms with Crippen molar-refractivity contribution in [3.05, 3.63) is 65.7 Å². The van der Waals surface area contributed by atoms with E-state index in [4.69, 9.17) is 4.74 Å². The molecular weight excluding hydrogens is 376 g/mol. The van der Waals surface area contributed by atoms with Gasteiger partial charge >= 0.3 is 0 Å². The molecule has 142 valence electrons. The molecule has 2 amide bonds. The number of hydrogen-bond acceptors (Lipinski definition) is 6. The highest BCUT2D eigenvalue weighted by Gasteiger charge is 2.33. The number of anilines is 2. The molecule has 2 heterocycles. The van der Waals surface area contributed by atoms with Gasteiger partial charge in [0, 0.05) is 24.6 Å². The van der Waals surface area contributed by atoms with Gasteiger partial charge in [0.2, 0.25) is 11.0 Å². The lowest BCUT2D eigenvalue weighted by Crippen LogP contribution is -2.24.